The van der Waals surface area contributed by atoms with E-state index in [0.717, 1.165) is 10.9 Å². The van der Waals surface area contributed by atoms with Crippen LogP contribution in [0.25, 0.3) is 0 Å². The van der Waals surface area contributed by atoms with E-state index in [1.165, 1.54) is 0 Å². The Balaban J connectivity index is 2.03. The Kier molecular flexibility index (Phi) is 5.10. The molecule has 1 aliphatic rings. The van der Waals surface area contributed by atoms with Crippen LogP contribution in [0.1, 0.15) is 54.1 Å². The highest BCUT2D eigenvalue weighted by molar-refractivity contribution is 6.27. The Morgan fingerprint density at radius 1 is 1.28 bits per heavy atom. The number of carbonyl (C=O) groups is 2. The van der Waals surface area contributed by atoms with Gasteiger partial charge in [-0.15, -0.1) is 0 Å². The molecule has 0 atom stereocenters. The smallest absolute Gasteiger partial charge is 0.435 e. The van der Waals surface area contributed by atoms with Crippen LogP contribution in [0.15, 0.2) is 35.7 Å². The molecule has 154 valence electrons. The van der Waals surface area contributed by atoms with Crippen molar-refractivity contribution in [2.45, 2.75) is 46.3 Å². The summed E-state index contributed by atoms with van der Waals surface area (Å²) in [5.74, 6) is -2.33. The number of hydrogen-bond donors (Lipinski definition) is 1. The van der Waals surface area contributed by atoms with Crippen molar-refractivity contribution in [3.63, 3.8) is 0 Å². The van der Waals surface area contributed by atoms with E-state index in [9.17, 15) is 27.9 Å². The maximum absolute atomic E-state index is 13.5. The van der Waals surface area contributed by atoms with E-state index in [1.54, 1.807) is 39.0 Å². The van der Waals surface area contributed by atoms with Crippen molar-refractivity contribution in [2.75, 3.05) is 0 Å². The molecule has 2 aromatic rings. The van der Waals surface area contributed by atoms with Crippen LogP contribution >= 0.6 is 0 Å². The van der Waals surface area contributed by atoms with Crippen molar-refractivity contribution in [1.82, 2.24) is 14.8 Å². The summed E-state index contributed by atoms with van der Waals surface area (Å²) in [7, 11) is 0. The number of aromatic nitrogens is 3. The fourth-order valence-electron chi connectivity index (χ4n) is 3.41. The molecule has 0 aliphatic heterocycles. The largest absolute Gasteiger partial charge is 0.511 e. The van der Waals surface area contributed by atoms with Crippen molar-refractivity contribution < 1.29 is 27.9 Å². The van der Waals surface area contributed by atoms with E-state index in [4.69, 9.17) is 0 Å². The lowest BCUT2D eigenvalue weighted by atomic mass is 9.75. The van der Waals surface area contributed by atoms with E-state index in [2.05, 4.69) is 10.1 Å². The zero-order chi connectivity index (χ0) is 21.6. The Hall–Kier alpha value is -2.97. The number of allylic oxidation sites excluding steroid dienone is 2. The van der Waals surface area contributed by atoms with Crippen LogP contribution in [0.2, 0.25) is 0 Å². The minimum atomic E-state index is -4.90. The number of hydrogen-bond acceptors (Lipinski definition) is 5. The predicted molar refractivity (Wildman–Crippen MR) is 97.3 cm³/mol. The van der Waals surface area contributed by atoms with Gasteiger partial charge in [-0.1, -0.05) is 19.9 Å². The van der Waals surface area contributed by atoms with Crippen LogP contribution in [-0.2, 0) is 17.5 Å². The number of pyridine rings is 1. The minimum absolute atomic E-state index is 0.0303. The normalized spacial score (nSPS) is 17.0. The quantitative estimate of drug-likeness (QED) is 0.611. The van der Waals surface area contributed by atoms with Gasteiger partial charge in [-0.2, -0.15) is 18.3 Å². The Morgan fingerprint density at radius 2 is 1.97 bits per heavy atom. The first kappa shape index (κ1) is 20.8. The Morgan fingerprint density at radius 3 is 2.55 bits per heavy atom. The first-order valence-corrected chi connectivity index (χ1v) is 8.94. The number of alkyl halides is 3. The lowest BCUT2D eigenvalue weighted by Gasteiger charge is -2.29. The summed E-state index contributed by atoms with van der Waals surface area (Å²) in [6.45, 7) is 5.13. The molecule has 0 radical (unpaired) electrons. The van der Waals surface area contributed by atoms with Gasteiger partial charge in [0.15, 0.2) is 11.5 Å². The average Bonchev–Trinajstić information content (AvgIpc) is 2.97. The molecule has 0 saturated carbocycles. The molecule has 2 aromatic heterocycles. The van der Waals surface area contributed by atoms with Crippen LogP contribution in [0, 0.1) is 12.3 Å². The lowest BCUT2D eigenvalue weighted by Crippen LogP contribution is -2.29. The molecule has 1 N–H and O–H groups in total. The molecule has 9 heteroatoms. The third-order valence-electron chi connectivity index (χ3n) is 4.62. The van der Waals surface area contributed by atoms with E-state index < -0.39 is 45.7 Å². The number of ketones is 2. The maximum Gasteiger partial charge on any atom is 0.435 e. The lowest BCUT2D eigenvalue weighted by molar-refractivity contribution is -0.141. The summed E-state index contributed by atoms with van der Waals surface area (Å²) in [5.41, 5.74) is -2.17. The zero-order valence-corrected chi connectivity index (χ0v) is 16.2. The summed E-state index contributed by atoms with van der Waals surface area (Å²) in [6.07, 6.45) is -3.96. The SMILES string of the molecule is Cc1cccc(Cn2cc(C(=O)C3=C(O)CC(C)(C)CC3=O)c(C(F)(F)F)n2)n1. The first-order valence-electron chi connectivity index (χ1n) is 8.94. The number of carbonyl (C=O) groups excluding carboxylic acids is 2. The molecule has 0 saturated heterocycles. The summed E-state index contributed by atoms with van der Waals surface area (Å²) in [4.78, 5) is 29.4. The van der Waals surface area contributed by atoms with Gasteiger partial charge in [0.1, 0.15) is 11.3 Å². The molecular weight excluding hydrogens is 387 g/mol. The second-order valence-electron chi connectivity index (χ2n) is 7.95. The third kappa shape index (κ3) is 4.38. The molecular formula is C20H20F3N3O3. The van der Waals surface area contributed by atoms with Crippen molar-refractivity contribution in [1.29, 1.82) is 0 Å². The zero-order valence-electron chi connectivity index (χ0n) is 16.2. The maximum atomic E-state index is 13.5. The highest BCUT2D eigenvalue weighted by Gasteiger charge is 2.43. The summed E-state index contributed by atoms with van der Waals surface area (Å²) in [5, 5.41) is 13.7. The van der Waals surface area contributed by atoms with Gasteiger partial charge in [0.25, 0.3) is 0 Å². The number of rotatable bonds is 4. The predicted octanol–water partition coefficient (Wildman–Crippen LogP) is 4.04. The number of aryl methyl sites for hydroxylation is 1. The third-order valence-corrected chi connectivity index (χ3v) is 4.62. The molecule has 2 heterocycles. The molecule has 29 heavy (non-hydrogen) atoms. The number of nitrogens with zero attached hydrogens (tertiary/aromatic N) is 3. The summed E-state index contributed by atoms with van der Waals surface area (Å²) < 4.78 is 41.5. The average molecular weight is 407 g/mol. The van der Waals surface area contributed by atoms with E-state index in [1.807, 2.05) is 0 Å². The number of Topliss-reactive ketones (excluding diaryl/α,β-unsaturated/α-hetero) is 2. The molecule has 0 bridgehead atoms. The number of halogens is 3. The highest BCUT2D eigenvalue weighted by atomic mass is 19.4. The van der Waals surface area contributed by atoms with E-state index >= 15 is 0 Å². The fourth-order valence-corrected chi connectivity index (χ4v) is 3.41. The Labute approximate surface area is 165 Å². The fraction of sp³-hybridized carbons (Fsp3) is 0.400. The van der Waals surface area contributed by atoms with Gasteiger partial charge in [-0.25, -0.2) is 0 Å². The van der Waals surface area contributed by atoms with Gasteiger partial charge < -0.3 is 5.11 Å². The van der Waals surface area contributed by atoms with Crippen LogP contribution in [0.4, 0.5) is 13.2 Å². The second-order valence-corrected chi connectivity index (χ2v) is 7.95. The van der Waals surface area contributed by atoms with Crippen LogP contribution in [0.5, 0.6) is 0 Å². The Bertz CT molecular complexity index is 1020. The minimum Gasteiger partial charge on any atom is -0.511 e. The molecule has 6 nitrogen and oxygen atoms in total. The van der Waals surface area contributed by atoms with Gasteiger partial charge in [0.2, 0.25) is 5.78 Å². The van der Waals surface area contributed by atoms with Gasteiger partial charge >= 0.3 is 6.18 Å². The summed E-state index contributed by atoms with van der Waals surface area (Å²) >= 11 is 0. The van der Waals surface area contributed by atoms with Crippen LogP contribution < -0.4 is 0 Å². The molecule has 3 rings (SSSR count). The van der Waals surface area contributed by atoms with Crippen molar-refractivity contribution in [2.24, 2.45) is 5.41 Å². The molecule has 0 amide bonds. The monoisotopic (exact) mass is 407 g/mol. The van der Waals surface area contributed by atoms with Crippen molar-refractivity contribution >= 4 is 11.6 Å². The van der Waals surface area contributed by atoms with Gasteiger partial charge in [0, 0.05) is 24.7 Å². The topological polar surface area (TPSA) is 85.1 Å². The molecule has 0 unspecified atom stereocenters. The van der Waals surface area contributed by atoms with Crippen molar-refractivity contribution in [3.05, 3.63) is 58.4 Å². The molecule has 0 fully saturated rings. The van der Waals surface area contributed by atoms with Crippen LogP contribution in [0.3, 0.4) is 0 Å². The van der Waals surface area contributed by atoms with Crippen LogP contribution in [-0.4, -0.2) is 31.4 Å². The standard InChI is InChI=1S/C20H20F3N3O3/c1-11-5-4-6-12(24-11)9-26-10-13(18(25-26)20(21,22)23)17(29)16-14(27)7-19(2,3)8-15(16)28/h4-6,10,27H,7-9H2,1-3H3. The molecule has 0 aromatic carbocycles. The van der Waals surface area contributed by atoms with Gasteiger partial charge in [-0.3, -0.25) is 19.3 Å². The first-order chi connectivity index (χ1) is 13.4. The number of aliphatic hydroxyl groups is 1. The molecule has 1 aliphatic carbocycles. The summed E-state index contributed by atoms with van der Waals surface area (Å²) in [6, 6.07) is 5.09. The number of aliphatic hydroxyl groups excluding tert-OH is 1. The highest BCUT2D eigenvalue weighted by Crippen LogP contribution is 2.38. The van der Waals surface area contributed by atoms with E-state index in [-0.39, 0.29) is 19.4 Å². The van der Waals surface area contributed by atoms with Crippen molar-refractivity contribution in [3.8, 4) is 0 Å². The second kappa shape index (κ2) is 7.13. The van der Waals surface area contributed by atoms with E-state index in [0.29, 0.717) is 11.4 Å². The molecule has 0 spiro atoms. The van der Waals surface area contributed by atoms with Gasteiger partial charge in [0.05, 0.1) is 17.8 Å². The van der Waals surface area contributed by atoms with Gasteiger partial charge in [-0.05, 0) is 24.5 Å².